The van der Waals surface area contributed by atoms with Gasteiger partial charge in [-0.05, 0) is 30.7 Å². The lowest BCUT2D eigenvalue weighted by Gasteiger charge is -1.99. The van der Waals surface area contributed by atoms with Crippen molar-refractivity contribution in [3.8, 4) is 0 Å². The third kappa shape index (κ3) is 3.77. The van der Waals surface area contributed by atoms with Crippen LogP contribution in [0, 0.1) is 17.0 Å². The lowest BCUT2D eigenvalue weighted by molar-refractivity contribution is -0.384. The normalized spacial score (nSPS) is 10.8. The maximum absolute atomic E-state index is 12.0. The molecule has 0 spiro atoms. The molecule has 0 amide bonds. The third-order valence-corrected chi connectivity index (χ3v) is 3.22. The number of carbonyl (C=O) groups is 1. The minimum atomic E-state index is -0.554. The molecule has 0 aliphatic carbocycles. The molecular formula is C16H12ClNO3. The fourth-order valence-corrected chi connectivity index (χ4v) is 2.03. The van der Waals surface area contributed by atoms with Crippen molar-refractivity contribution in [2.75, 3.05) is 0 Å². The molecule has 106 valence electrons. The van der Waals surface area contributed by atoms with E-state index in [0.717, 1.165) is 5.56 Å². The van der Waals surface area contributed by atoms with Gasteiger partial charge in [0, 0.05) is 11.6 Å². The van der Waals surface area contributed by atoms with Crippen LogP contribution in [0.4, 0.5) is 5.69 Å². The average molecular weight is 302 g/mol. The summed E-state index contributed by atoms with van der Waals surface area (Å²) in [6.45, 7) is 1.91. The average Bonchev–Trinajstić information content (AvgIpc) is 2.45. The second-order valence-electron chi connectivity index (χ2n) is 4.54. The Balaban J connectivity index is 2.23. The molecule has 4 nitrogen and oxygen atoms in total. The summed E-state index contributed by atoms with van der Waals surface area (Å²) in [5.74, 6) is -0.156. The van der Waals surface area contributed by atoms with E-state index in [2.05, 4.69) is 0 Å². The SMILES string of the molecule is Cc1cccc(C(=O)/C=C/c2ccc(Cl)c([N+](=O)[O-])c2)c1. The molecule has 0 aliphatic rings. The number of allylic oxidation sites excluding steroid dienone is 1. The van der Waals surface area contributed by atoms with Crippen molar-refractivity contribution < 1.29 is 9.72 Å². The van der Waals surface area contributed by atoms with Gasteiger partial charge in [-0.25, -0.2) is 0 Å². The van der Waals surface area contributed by atoms with Gasteiger partial charge in [0.2, 0.25) is 0 Å². The van der Waals surface area contributed by atoms with Crippen LogP contribution in [0.25, 0.3) is 6.08 Å². The predicted octanol–water partition coefficient (Wildman–Crippen LogP) is 4.45. The van der Waals surface area contributed by atoms with E-state index in [4.69, 9.17) is 11.6 Å². The predicted molar refractivity (Wildman–Crippen MR) is 82.6 cm³/mol. The minimum Gasteiger partial charge on any atom is -0.289 e. The number of benzene rings is 2. The van der Waals surface area contributed by atoms with Crippen LogP contribution in [0.2, 0.25) is 5.02 Å². The quantitative estimate of drug-likeness (QED) is 0.363. The number of hydrogen-bond donors (Lipinski definition) is 0. The van der Waals surface area contributed by atoms with E-state index in [-0.39, 0.29) is 16.5 Å². The van der Waals surface area contributed by atoms with Crippen LogP contribution in [0.3, 0.4) is 0 Å². The van der Waals surface area contributed by atoms with Gasteiger partial charge >= 0.3 is 0 Å². The van der Waals surface area contributed by atoms with Gasteiger partial charge in [0.25, 0.3) is 5.69 Å². The zero-order valence-electron chi connectivity index (χ0n) is 11.2. The van der Waals surface area contributed by atoms with Crippen molar-refractivity contribution >= 4 is 29.1 Å². The summed E-state index contributed by atoms with van der Waals surface area (Å²) in [5, 5.41) is 10.9. The molecule has 0 atom stereocenters. The zero-order chi connectivity index (χ0) is 15.4. The van der Waals surface area contributed by atoms with E-state index in [1.54, 1.807) is 18.2 Å². The van der Waals surface area contributed by atoms with Crippen LogP contribution in [0.1, 0.15) is 21.5 Å². The topological polar surface area (TPSA) is 60.2 Å². The first-order valence-corrected chi connectivity index (χ1v) is 6.58. The molecule has 2 rings (SSSR count). The Hall–Kier alpha value is -2.46. The smallest absolute Gasteiger partial charge is 0.288 e. The first kappa shape index (κ1) is 14.9. The summed E-state index contributed by atoms with van der Waals surface area (Å²) in [4.78, 5) is 22.3. The molecule has 0 aliphatic heterocycles. The van der Waals surface area contributed by atoms with Gasteiger partial charge in [-0.15, -0.1) is 0 Å². The van der Waals surface area contributed by atoms with E-state index in [1.165, 1.54) is 24.3 Å². The summed E-state index contributed by atoms with van der Waals surface area (Å²) >= 11 is 5.73. The third-order valence-electron chi connectivity index (χ3n) is 2.90. The van der Waals surface area contributed by atoms with Gasteiger partial charge in [0.05, 0.1) is 4.92 Å². The van der Waals surface area contributed by atoms with Crippen LogP contribution in [0.15, 0.2) is 48.5 Å². The minimum absolute atomic E-state index is 0.0714. The number of carbonyl (C=O) groups excluding carboxylic acids is 1. The van der Waals surface area contributed by atoms with E-state index >= 15 is 0 Å². The van der Waals surface area contributed by atoms with Crippen molar-refractivity contribution in [2.24, 2.45) is 0 Å². The largest absolute Gasteiger partial charge is 0.289 e. The first-order valence-electron chi connectivity index (χ1n) is 6.20. The highest BCUT2D eigenvalue weighted by Crippen LogP contribution is 2.25. The highest BCUT2D eigenvalue weighted by atomic mass is 35.5. The second kappa shape index (κ2) is 6.33. The Labute approximate surface area is 126 Å². The molecular weight excluding hydrogens is 290 g/mol. The number of hydrogen-bond acceptors (Lipinski definition) is 3. The van der Waals surface area contributed by atoms with Gasteiger partial charge in [0.15, 0.2) is 5.78 Å². The Morgan fingerprint density at radius 2 is 2.00 bits per heavy atom. The summed E-state index contributed by atoms with van der Waals surface area (Å²) < 4.78 is 0. The standard InChI is InChI=1S/C16H12ClNO3/c1-11-3-2-4-13(9-11)16(19)8-6-12-5-7-14(17)15(10-12)18(20)21/h2-10H,1H3/b8-6+. The Morgan fingerprint density at radius 1 is 1.24 bits per heavy atom. The van der Waals surface area contributed by atoms with Crippen molar-refractivity contribution in [1.82, 2.24) is 0 Å². The number of aryl methyl sites for hydroxylation is 1. The number of rotatable bonds is 4. The molecule has 0 saturated heterocycles. The van der Waals surface area contributed by atoms with E-state index in [0.29, 0.717) is 11.1 Å². The van der Waals surface area contributed by atoms with Gasteiger partial charge < -0.3 is 0 Å². The van der Waals surface area contributed by atoms with Crippen LogP contribution < -0.4 is 0 Å². The first-order chi connectivity index (χ1) is 9.97. The molecule has 2 aromatic rings. The molecule has 0 N–H and O–H groups in total. The molecule has 0 unspecified atom stereocenters. The molecule has 0 radical (unpaired) electrons. The number of ketones is 1. The van der Waals surface area contributed by atoms with Crippen LogP contribution in [-0.2, 0) is 0 Å². The maximum Gasteiger partial charge on any atom is 0.288 e. The van der Waals surface area contributed by atoms with Gasteiger partial charge in [-0.1, -0.05) is 47.5 Å². The molecule has 0 aromatic heterocycles. The maximum atomic E-state index is 12.0. The molecule has 0 bridgehead atoms. The summed E-state index contributed by atoms with van der Waals surface area (Å²) in [6, 6.07) is 11.6. The highest BCUT2D eigenvalue weighted by Gasteiger charge is 2.11. The zero-order valence-corrected chi connectivity index (χ0v) is 12.0. The molecule has 0 fully saturated rings. The lowest BCUT2D eigenvalue weighted by atomic mass is 10.1. The molecule has 0 saturated carbocycles. The Bertz CT molecular complexity index is 738. The van der Waals surface area contributed by atoms with Crippen LogP contribution >= 0.6 is 11.6 Å². The second-order valence-corrected chi connectivity index (χ2v) is 4.94. The fraction of sp³-hybridized carbons (Fsp3) is 0.0625. The van der Waals surface area contributed by atoms with Crippen molar-refractivity contribution in [2.45, 2.75) is 6.92 Å². The highest BCUT2D eigenvalue weighted by molar-refractivity contribution is 6.32. The number of nitrogens with zero attached hydrogens (tertiary/aromatic N) is 1. The van der Waals surface area contributed by atoms with Crippen LogP contribution in [0.5, 0.6) is 0 Å². The van der Waals surface area contributed by atoms with Crippen LogP contribution in [-0.4, -0.2) is 10.7 Å². The molecule has 5 heteroatoms. The van der Waals surface area contributed by atoms with Gasteiger partial charge in [-0.2, -0.15) is 0 Å². The fourth-order valence-electron chi connectivity index (χ4n) is 1.84. The van der Waals surface area contributed by atoms with Crippen molar-refractivity contribution in [3.05, 3.63) is 80.4 Å². The molecule has 21 heavy (non-hydrogen) atoms. The number of nitro groups is 1. The van der Waals surface area contributed by atoms with Crippen molar-refractivity contribution in [3.63, 3.8) is 0 Å². The van der Waals surface area contributed by atoms with E-state index in [9.17, 15) is 14.9 Å². The van der Waals surface area contributed by atoms with Gasteiger partial charge in [0.1, 0.15) is 5.02 Å². The van der Waals surface area contributed by atoms with E-state index < -0.39 is 4.92 Å². The van der Waals surface area contributed by atoms with Crippen molar-refractivity contribution in [1.29, 1.82) is 0 Å². The van der Waals surface area contributed by atoms with E-state index in [1.807, 2.05) is 19.1 Å². The summed E-state index contributed by atoms with van der Waals surface area (Å²) in [6.07, 6.45) is 2.93. The number of halogens is 1. The molecule has 2 aromatic carbocycles. The molecule has 0 heterocycles. The Kier molecular flexibility index (Phi) is 4.50. The monoisotopic (exact) mass is 301 g/mol. The number of nitro benzene ring substituents is 1. The summed E-state index contributed by atoms with van der Waals surface area (Å²) in [5.41, 5.74) is 1.94. The van der Waals surface area contributed by atoms with Gasteiger partial charge in [-0.3, -0.25) is 14.9 Å². The lowest BCUT2D eigenvalue weighted by Crippen LogP contribution is -1.94. The Morgan fingerprint density at radius 3 is 2.67 bits per heavy atom. The summed E-state index contributed by atoms with van der Waals surface area (Å²) in [7, 11) is 0.